The van der Waals surface area contributed by atoms with Crippen LogP contribution in [0.4, 0.5) is 4.79 Å². The number of furan rings is 1. The molecule has 0 unspecified atom stereocenters. The third-order valence-corrected chi connectivity index (χ3v) is 4.35. The third-order valence-electron chi connectivity index (χ3n) is 3.74. The number of nitrogens with zero attached hydrogens (tertiary/aromatic N) is 1. The predicted molar refractivity (Wildman–Crippen MR) is 97.7 cm³/mol. The van der Waals surface area contributed by atoms with E-state index in [4.69, 9.17) is 9.15 Å². The number of halogens is 1. The van der Waals surface area contributed by atoms with Gasteiger partial charge in [-0.3, -0.25) is 19.8 Å². The summed E-state index contributed by atoms with van der Waals surface area (Å²) in [5.74, 6) is -1.04. The average Bonchev–Trinajstić information content (AvgIpc) is 3.13. The van der Waals surface area contributed by atoms with Crippen molar-refractivity contribution < 1.29 is 28.6 Å². The van der Waals surface area contributed by atoms with Crippen molar-refractivity contribution in [2.45, 2.75) is 13.5 Å². The highest BCUT2D eigenvalue weighted by Crippen LogP contribution is 2.36. The molecule has 1 aliphatic rings. The van der Waals surface area contributed by atoms with Crippen molar-refractivity contribution in [2.24, 2.45) is 0 Å². The van der Waals surface area contributed by atoms with E-state index in [0.717, 1.165) is 4.90 Å². The first-order valence-electron chi connectivity index (χ1n) is 7.97. The number of hydrogen-bond donors (Lipinski definition) is 2. The minimum absolute atomic E-state index is 0.0898. The smallest absolute Gasteiger partial charge is 0.331 e. The minimum atomic E-state index is -0.819. The molecule has 27 heavy (non-hydrogen) atoms. The maximum absolute atomic E-state index is 12.7. The van der Waals surface area contributed by atoms with E-state index in [1.807, 2.05) is 0 Å². The zero-order valence-electron chi connectivity index (χ0n) is 14.2. The van der Waals surface area contributed by atoms with E-state index in [-0.39, 0.29) is 23.6 Å². The van der Waals surface area contributed by atoms with E-state index in [2.05, 4.69) is 21.2 Å². The molecule has 2 aromatic rings. The van der Waals surface area contributed by atoms with E-state index in [1.54, 1.807) is 19.1 Å². The number of phenols is 1. The van der Waals surface area contributed by atoms with Crippen LogP contribution >= 0.6 is 15.9 Å². The first kappa shape index (κ1) is 18.7. The zero-order valence-corrected chi connectivity index (χ0v) is 15.8. The van der Waals surface area contributed by atoms with Crippen molar-refractivity contribution in [1.29, 1.82) is 0 Å². The normalized spacial score (nSPS) is 16.0. The summed E-state index contributed by atoms with van der Waals surface area (Å²) in [7, 11) is 0. The number of nitrogens with one attached hydrogen (secondary N) is 1. The fraction of sp³-hybridized carbons (Fsp3) is 0.167. The lowest BCUT2D eigenvalue weighted by molar-refractivity contribution is -0.130. The monoisotopic (exact) mass is 434 g/mol. The van der Waals surface area contributed by atoms with Gasteiger partial charge in [-0.05, 0) is 58.8 Å². The Hall–Kier alpha value is -3.07. The molecule has 2 heterocycles. The summed E-state index contributed by atoms with van der Waals surface area (Å²) in [5.41, 5.74) is 0.218. The Bertz CT molecular complexity index is 936. The quantitative estimate of drug-likeness (QED) is 0.552. The van der Waals surface area contributed by atoms with Crippen LogP contribution in [0.2, 0.25) is 0 Å². The number of phenolic OH excluding ortho intramolecular Hbond substituents is 1. The van der Waals surface area contributed by atoms with Gasteiger partial charge in [-0.25, -0.2) is 4.79 Å². The molecule has 3 rings (SSSR count). The maximum Gasteiger partial charge on any atom is 0.331 e. The van der Waals surface area contributed by atoms with Crippen molar-refractivity contribution in [3.05, 3.63) is 51.9 Å². The number of urea groups is 1. The maximum atomic E-state index is 12.7. The molecule has 1 aromatic carbocycles. The highest BCUT2D eigenvalue weighted by atomic mass is 79.9. The van der Waals surface area contributed by atoms with E-state index < -0.39 is 17.8 Å². The summed E-state index contributed by atoms with van der Waals surface area (Å²) < 4.78 is 10.8. The fourth-order valence-electron chi connectivity index (χ4n) is 2.51. The first-order chi connectivity index (χ1) is 12.9. The van der Waals surface area contributed by atoms with Crippen LogP contribution in [0.25, 0.3) is 6.08 Å². The van der Waals surface area contributed by atoms with Crippen molar-refractivity contribution in [3.63, 3.8) is 0 Å². The second kappa shape index (κ2) is 7.67. The van der Waals surface area contributed by atoms with Gasteiger partial charge in [0.2, 0.25) is 0 Å². The van der Waals surface area contributed by atoms with Gasteiger partial charge in [0.1, 0.15) is 11.3 Å². The lowest BCUT2D eigenvalue weighted by atomic mass is 10.1. The first-order valence-corrected chi connectivity index (χ1v) is 8.76. The number of amides is 4. The zero-order chi connectivity index (χ0) is 19.6. The third kappa shape index (κ3) is 3.87. The van der Waals surface area contributed by atoms with E-state index in [9.17, 15) is 19.5 Å². The number of barbiturate groups is 1. The summed E-state index contributed by atoms with van der Waals surface area (Å²) in [6, 6.07) is 5.45. The molecule has 1 saturated heterocycles. The highest BCUT2D eigenvalue weighted by Gasteiger charge is 2.36. The van der Waals surface area contributed by atoms with Crippen LogP contribution in [0, 0.1) is 0 Å². The largest absolute Gasteiger partial charge is 0.503 e. The molecule has 0 bridgehead atoms. The summed E-state index contributed by atoms with van der Waals surface area (Å²) in [4.78, 5) is 37.7. The van der Waals surface area contributed by atoms with Gasteiger partial charge in [-0.1, -0.05) is 0 Å². The van der Waals surface area contributed by atoms with Crippen LogP contribution in [-0.2, 0) is 16.1 Å². The van der Waals surface area contributed by atoms with E-state index in [0.29, 0.717) is 22.4 Å². The Morgan fingerprint density at radius 3 is 2.78 bits per heavy atom. The lowest BCUT2D eigenvalue weighted by Crippen LogP contribution is -2.53. The Balaban J connectivity index is 1.95. The number of benzene rings is 1. The Kier molecular flexibility index (Phi) is 5.31. The number of ether oxygens (including phenoxy) is 1. The Morgan fingerprint density at radius 2 is 2.11 bits per heavy atom. The molecule has 0 radical (unpaired) electrons. The summed E-state index contributed by atoms with van der Waals surface area (Å²) in [6.07, 6.45) is 2.75. The van der Waals surface area contributed by atoms with Gasteiger partial charge in [-0.2, -0.15) is 0 Å². The standard InChI is InChI=1S/C18H15BrN2O6/c1-2-26-14-8-10(7-13(19)15(14)22)6-12-16(23)20-18(25)21(17(12)24)9-11-4-3-5-27-11/h3-8,22H,2,9H2,1H3,(H,20,23,25)/b12-6+. The summed E-state index contributed by atoms with van der Waals surface area (Å²) in [5, 5.41) is 12.1. The molecule has 0 spiro atoms. The van der Waals surface area contributed by atoms with E-state index in [1.165, 1.54) is 24.5 Å². The van der Waals surface area contributed by atoms with Gasteiger partial charge in [0.25, 0.3) is 11.8 Å². The number of hydrogen-bond acceptors (Lipinski definition) is 6. The van der Waals surface area contributed by atoms with Crippen LogP contribution in [0.1, 0.15) is 18.2 Å². The molecular weight excluding hydrogens is 420 g/mol. The van der Waals surface area contributed by atoms with Gasteiger partial charge in [0, 0.05) is 0 Å². The molecule has 0 aliphatic carbocycles. The van der Waals surface area contributed by atoms with Crippen molar-refractivity contribution >= 4 is 39.9 Å². The van der Waals surface area contributed by atoms with Crippen molar-refractivity contribution in [2.75, 3.05) is 6.61 Å². The molecule has 4 amide bonds. The van der Waals surface area contributed by atoms with Crippen LogP contribution in [-0.4, -0.2) is 34.5 Å². The molecule has 1 aliphatic heterocycles. The van der Waals surface area contributed by atoms with Gasteiger partial charge in [0.15, 0.2) is 11.5 Å². The molecule has 2 N–H and O–H groups in total. The van der Waals surface area contributed by atoms with Gasteiger partial charge < -0.3 is 14.3 Å². The molecule has 9 heteroatoms. The average molecular weight is 435 g/mol. The van der Waals surface area contributed by atoms with Crippen molar-refractivity contribution in [1.82, 2.24) is 10.2 Å². The molecule has 0 saturated carbocycles. The second-order valence-electron chi connectivity index (χ2n) is 5.57. The SMILES string of the molecule is CCOc1cc(/C=C2\C(=O)NC(=O)N(Cc3ccco3)C2=O)cc(Br)c1O. The number of carbonyl (C=O) groups excluding carboxylic acids is 3. The number of aromatic hydroxyl groups is 1. The molecule has 1 fully saturated rings. The molecular formula is C18H15BrN2O6. The molecule has 0 atom stereocenters. The minimum Gasteiger partial charge on any atom is -0.503 e. The molecule has 1 aromatic heterocycles. The number of rotatable bonds is 5. The van der Waals surface area contributed by atoms with Gasteiger partial charge in [0.05, 0.1) is 23.9 Å². The molecule has 140 valence electrons. The van der Waals surface area contributed by atoms with Crippen LogP contribution in [0.15, 0.2) is 45.0 Å². The van der Waals surface area contributed by atoms with E-state index >= 15 is 0 Å². The summed E-state index contributed by atoms with van der Waals surface area (Å²) in [6.45, 7) is 1.98. The predicted octanol–water partition coefficient (Wildman–Crippen LogP) is 2.81. The van der Waals surface area contributed by atoms with Crippen LogP contribution < -0.4 is 10.1 Å². The lowest BCUT2D eigenvalue weighted by Gasteiger charge is -2.25. The van der Waals surface area contributed by atoms with Gasteiger partial charge >= 0.3 is 6.03 Å². The topological polar surface area (TPSA) is 109 Å². The molecule has 8 nitrogen and oxygen atoms in total. The Labute approximate surface area is 162 Å². The summed E-state index contributed by atoms with van der Waals surface area (Å²) >= 11 is 3.20. The highest BCUT2D eigenvalue weighted by molar-refractivity contribution is 9.10. The van der Waals surface area contributed by atoms with Crippen LogP contribution in [0.5, 0.6) is 11.5 Å². The fourth-order valence-corrected chi connectivity index (χ4v) is 2.96. The van der Waals surface area contributed by atoms with Crippen LogP contribution in [0.3, 0.4) is 0 Å². The number of imide groups is 2. The van der Waals surface area contributed by atoms with Crippen molar-refractivity contribution in [3.8, 4) is 11.5 Å². The number of carbonyl (C=O) groups is 3. The second-order valence-corrected chi connectivity index (χ2v) is 6.42. The Morgan fingerprint density at radius 1 is 1.33 bits per heavy atom. The van der Waals surface area contributed by atoms with Gasteiger partial charge in [-0.15, -0.1) is 0 Å².